The summed E-state index contributed by atoms with van der Waals surface area (Å²) in [5.41, 5.74) is 5.39. The molecule has 0 radical (unpaired) electrons. The van der Waals surface area contributed by atoms with Gasteiger partial charge in [-0.1, -0.05) is 6.92 Å². The Morgan fingerprint density at radius 1 is 1.50 bits per heavy atom. The highest BCUT2D eigenvalue weighted by Crippen LogP contribution is 2.16. The molecule has 2 N–H and O–H groups in total. The van der Waals surface area contributed by atoms with Gasteiger partial charge in [-0.3, -0.25) is 0 Å². The summed E-state index contributed by atoms with van der Waals surface area (Å²) in [6, 6.07) is 0. The predicted octanol–water partition coefficient (Wildman–Crippen LogP) is 0.166. The predicted molar refractivity (Wildman–Crippen MR) is 63.7 cm³/mol. The Morgan fingerprint density at radius 2 is 2.25 bits per heavy atom. The van der Waals surface area contributed by atoms with Gasteiger partial charge in [-0.25, -0.2) is 12.7 Å². The second-order valence-corrected chi connectivity index (χ2v) is 6.06. The molecule has 0 aromatic rings. The van der Waals surface area contributed by atoms with Gasteiger partial charge in [0.05, 0.1) is 11.9 Å². The smallest absolute Gasteiger partial charge is 0.216 e. The molecule has 0 aromatic heterocycles. The number of hydrogen-bond acceptors (Lipinski definition) is 4. The van der Waals surface area contributed by atoms with E-state index in [9.17, 15) is 8.42 Å². The maximum absolute atomic E-state index is 12.0. The Balaban J connectivity index is 2.51. The third-order valence-electron chi connectivity index (χ3n) is 2.78. The van der Waals surface area contributed by atoms with Gasteiger partial charge in [0.25, 0.3) is 0 Å². The van der Waals surface area contributed by atoms with E-state index in [-0.39, 0.29) is 11.9 Å². The van der Waals surface area contributed by atoms with E-state index < -0.39 is 10.0 Å². The summed E-state index contributed by atoms with van der Waals surface area (Å²) >= 11 is 0. The van der Waals surface area contributed by atoms with Crippen LogP contribution >= 0.6 is 0 Å². The highest BCUT2D eigenvalue weighted by atomic mass is 32.2. The quantitative estimate of drug-likeness (QED) is 0.699. The van der Waals surface area contributed by atoms with Crippen LogP contribution in [-0.2, 0) is 14.8 Å². The molecule has 1 rings (SSSR count). The molecule has 1 fully saturated rings. The van der Waals surface area contributed by atoms with Crippen molar-refractivity contribution < 1.29 is 13.2 Å². The van der Waals surface area contributed by atoms with E-state index in [4.69, 9.17) is 10.5 Å². The monoisotopic (exact) mass is 250 g/mol. The molecule has 1 unspecified atom stereocenters. The molecule has 0 aliphatic carbocycles. The first-order valence-corrected chi connectivity index (χ1v) is 7.50. The van der Waals surface area contributed by atoms with Crippen molar-refractivity contribution in [2.75, 3.05) is 32.0 Å². The van der Waals surface area contributed by atoms with Crippen LogP contribution < -0.4 is 5.73 Å². The minimum Gasteiger partial charge on any atom is -0.377 e. The Morgan fingerprint density at radius 3 is 2.75 bits per heavy atom. The lowest BCUT2D eigenvalue weighted by atomic mass is 10.3. The maximum atomic E-state index is 12.0. The van der Waals surface area contributed by atoms with Crippen molar-refractivity contribution in [3.8, 4) is 0 Å². The fourth-order valence-electron chi connectivity index (χ4n) is 1.88. The number of sulfonamides is 1. The minimum atomic E-state index is -3.18. The van der Waals surface area contributed by atoms with Crippen molar-refractivity contribution in [1.29, 1.82) is 0 Å². The molecule has 16 heavy (non-hydrogen) atoms. The van der Waals surface area contributed by atoms with Crippen molar-refractivity contribution in [1.82, 2.24) is 4.31 Å². The number of rotatable bonds is 7. The standard InChI is InChI=1S/C10H22N2O3S/c1-2-12(7-4-6-11)16(13,14)9-10-5-3-8-15-10/h10H,2-9,11H2,1H3. The van der Waals surface area contributed by atoms with E-state index >= 15 is 0 Å². The molecule has 1 heterocycles. The van der Waals surface area contributed by atoms with Crippen LogP contribution in [0, 0.1) is 0 Å². The summed E-state index contributed by atoms with van der Waals surface area (Å²) in [5, 5.41) is 0. The van der Waals surface area contributed by atoms with Crippen LogP contribution in [0.15, 0.2) is 0 Å². The maximum Gasteiger partial charge on any atom is 0.216 e. The number of nitrogens with two attached hydrogens (primary N) is 1. The molecule has 0 aromatic carbocycles. The zero-order valence-electron chi connectivity index (χ0n) is 9.89. The van der Waals surface area contributed by atoms with Gasteiger partial charge in [0.2, 0.25) is 10.0 Å². The lowest BCUT2D eigenvalue weighted by Gasteiger charge is -2.21. The highest BCUT2D eigenvalue weighted by molar-refractivity contribution is 7.89. The summed E-state index contributed by atoms with van der Waals surface area (Å²) in [6.45, 7) is 4.09. The van der Waals surface area contributed by atoms with Gasteiger partial charge in [0, 0.05) is 19.7 Å². The largest absolute Gasteiger partial charge is 0.377 e. The minimum absolute atomic E-state index is 0.114. The van der Waals surface area contributed by atoms with Crippen LogP contribution in [-0.4, -0.2) is 50.8 Å². The van der Waals surface area contributed by atoms with Gasteiger partial charge in [0.15, 0.2) is 0 Å². The summed E-state index contributed by atoms with van der Waals surface area (Å²) < 4.78 is 30.9. The first-order valence-electron chi connectivity index (χ1n) is 5.89. The van der Waals surface area contributed by atoms with Gasteiger partial charge in [0.1, 0.15) is 0 Å². The van der Waals surface area contributed by atoms with E-state index in [0.29, 0.717) is 32.7 Å². The second-order valence-electron chi connectivity index (χ2n) is 4.05. The fourth-order valence-corrected chi connectivity index (χ4v) is 3.62. The lowest BCUT2D eigenvalue weighted by molar-refractivity contribution is 0.126. The van der Waals surface area contributed by atoms with E-state index in [1.807, 2.05) is 6.92 Å². The van der Waals surface area contributed by atoms with E-state index in [0.717, 1.165) is 12.8 Å². The molecule has 1 saturated heterocycles. The van der Waals surface area contributed by atoms with Gasteiger partial charge < -0.3 is 10.5 Å². The van der Waals surface area contributed by atoms with Crippen LogP contribution in [0.25, 0.3) is 0 Å². The fraction of sp³-hybridized carbons (Fsp3) is 1.00. The third kappa shape index (κ3) is 4.01. The average Bonchev–Trinajstić information content (AvgIpc) is 2.70. The molecule has 0 spiro atoms. The first-order chi connectivity index (χ1) is 7.60. The average molecular weight is 250 g/mol. The lowest BCUT2D eigenvalue weighted by Crippen LogP contribution is -2.37. The third-order valence-corrected chi connectivity index (χ3v) is 4.80. The van der Waals surface area contributed by atoms with Crippen molar-refractivity contribution in [2.45, 2.75) is 32.3 Å². The summed E-state index contributed by atoms with van der Waals surface area (Å²) in [7, 11) is -3.18. The second kappa shape index (κ2) is 6.54. The Bertz CT molecular complexity index is 286. The zero-order valence-corrected chi connectivity index (χ0v) is 10.7. The van der Waals surface area contributed by atoms with Gasteiger partial charge in [-0.05, 0) is 25.8 Å². The number of ether oxygens (including phenoxy) is 1. The van der Waals surface area contributed by atoms with E-state index in [1.165, 1.54) is 4.31 Å². The molecule has 0 bridgehead atoms. The van der Waals surface area contributed by atoms with Crippen LogP contribution in [0.1, 0.15) is 26.2 Å². The van der Waals surface area contributed by atoms with Crippen molar-refractivity contribution in [3.63, 3.8) is 0 Å². The van der Waals surface area contributed by atoms with Crippen LogP contribution in [0.4, 0.5) is 0 Å². The molecule has 0 saturated carbocycles. The summed E-state index contributed by atoms with van der Waals surface area (Å²) in [5.74, 6) is 0.116. The normalized spacial score (nSPS) is 21.8. The van der Waals surface area contributed by atoms with E-state index in [1.54, 1.807) is 0 Å². The van der Waals surface area contributed by atoms with Crippen LogP contribution in [0.2, 0.25) is 0 Å². The number of nitrogens with zero attached hydrogens (tertiary/aromatic N) is 1. The SMILES string of the molecule is CCN(CCCN)S(=O)(=O)CC1CCCO1. The molecular formula is C10H22N2O3S. The van der Waals surface area contributed by atoms with Gasteiger partial charge in [-0.15, -0.1) is 0 Å². The Hall–Kier alpha value is -0.170. The Kier molecular flexibility index (Phi) is 5.68. The molecule has 1 aliphatic heterocycles. The van der Waals surface area contributed by atoms with Crippen LogP contribution in [0.3, 0.4) is 0 Å². The highest BCUT2D eigenvalue weighted by Gasteiger charge is 2.27. The van der Waals surface area contributed by atoms with Crippen LogP contribution in [0.5, 0.6) is 0 Å². The van der Waals surface area contributed by atoms with Gasteiger partial charge in [-0.2, -0.15) is 0 Å². The Labute approximate surface area is 98.0 Å². The zero-order chi connectivity index (χ0) is 12.0. The van der Waals surface area contributed by atoms with E-state index in [2.05, 4.69) is 0 Å². The van der Waals surface area contributed by atoms with Crippen molar-refractivity contribution >= 4 is 10.0 Å². The molecule has 5 nitrogen and oxygen atoms in total. The molecule has 96 valence electrons. The molecule has 0 amide bonds. The molecule has 1 aliphatic rings. The summed E-state index contributed by atoms with van der Waals surface area (Å²) in [4.78, 5) is 0. The van der Waals surface area contributed by atoms with Gasteiger partial charge >= 0.3 is 0 Å². The molecular weight excluding hydrogens is 228 g/mol. The van der Waals surface area contributed by atoms with Crippen molar-refractivity contribution in [3.05, 3.63) is 0 Å². The topological polar surface area (TPSA) is 72.6 Å². The molecule has 6 heteroatoms. The molecule has 1 atom stereocenters. The first kappa shape index (κ1) is 13.9. The number of hydrogen-bond donors (Lipinski definition) is 1. The summed E-state index contributed by atoms with van der Waals surface area (Å²) in [6.07, 6.45) is 2.42. The van der Waals surface area contributed by atoms with Crippen molar-refractivity contribution in [2.24, 2.45) is 5.73 Å².